The summed E-state index contributed by atoms with van der Waals surface area (Å²) in [6.45, 7) is 11.9. The van der Waals surface area contributed by atoms with Crippen LogP contribution in [0.3, 0.4) is 0 Å². The standard InChI is InChI=1S/C47H82O7/c1-5-7-9-11-13-15-19-23-27-31-35-51-43-39-42(46(48)49)40-44(45(43)53-37-33-29-25-20-16-14-12-10-8-6-2)52-36-32-28-24-21-17-18-22-26-30-34-38-54-47(50)41(3)4/h39-40H,3,5-38H2,1-2,4H3,(H,48,49). The minimum absolute atomic E-state index is 0.169. The molecule has 0 heterocycles. The molecule has 1 aromatic carbocycles. The highest BCUT2D eigenvalue weighted by atomic mass is 16.5. The van der Waals surface area contributed by atoms with Gasteiger partial charge < -0.3 is 24.1 Å². The van der Waals surface area contributed by atoms with E-state index in [4.69, 9.17) is 18.9 Å². The smallest absolute Gasteiger partial charge is 0.335 e. The van der Waals surface area contributed by atoms with Crippen LogP contribution < -0.4 is 14.2 Å². The molecule has 0 atom stereocenters. The van der Waals surface area contributed by atoms with Crippen LogP contribution in [0.15, 0.2) is 24.3 Å². The Kier molecular flexibility index (Phi) is 32.9. The van der Waals surface area contributed by atoms with Crippen LogP contribution in [0.1, 0.15) is 224 Å². The Morgan fingerprint density at radius 3 is 1.09 bits per heavy atom. The van der Waals surface area contributed by atoms with Gasteiger partial charge in [0.1, 0.15) is 0 Å². The maximum Gasteiger partial charge on any atom is 0.335 e. The van der Waals surface area contributed by atoms with E-state index in [1.54, 1.807) is 19.1 Å². The predicted molar refractivity (Wildman–Crippen MR) is 226 cm³/mol. The highest BCUT2D eigenvalue weighted by molar-refractivity contribution is 5.89. The first-order chi connectivity index (χ1) is 26.4. The molecular weight excluding hydrogens is 677 g/mol. The summed E-state index contributed by atoms with van der Waals surface area (Å²) >= 11 is 0. The molecule has 0 bridgehead atoms. The summed E-state index contributed by atoms with van der Waals surface area (Å²) in [5, 5.41) is 9.91. The van der Waals surface area contributed by atoms with E-state index in [2.05, 4.69) is 20.4 Å². The van der Waals surface area contributed by atoms with Gasteiger partial charge in [-0.25, -0.2) is 9.59 Å². The maximum atomic E-state index is 12.1. The molecule has 0 saturated heterocycles. The number of hydrogen-bond acceptors (Lipinski definition) is 6. The molecular formula is C47H82O7. The summed E-state index contributed by atoms with van der Waals surface area (Å²) in [6.07, 6.45) is 36.3. The van der Waals surface area contributed by atoms with Crippen molar-refractivity contribution >= 4 is 11.9 Å². The number of benzene rings is 1. The lowest BCUT2D eigenvalue weighted by molar-refractivity contribution is -0.139. The zero-order valence-corrected chi connectivity index (χ0v) is 35.3. The van der Waals surface area contributed by atoms with E-state index in [-0.39, 0.29) is 11.5 Å². The number of carbonyl (C=O) groups is 2. The monoisotopic (exact) mass is 759 g/mol. The van der Waals surface area contributed by atoms with Gasteiger partial charge >= 0.3 is 11.9 Å². The fourth-order valence-electron chi connectivity index (χ4n) is 6.68. The van der Waals surface area contributed by atoms with Gasteiger partial charge in [-0.1, -0.05) is 187 Å². The lowest BCUT2D eigenvalue weighted by Gasteiger charge is -2.18. The van der Waals surface area contributed by atoms with Crippen molar-refractivity contribution < 1.29 is 33.6 Å². The zero-order valence-electron chi connectivity index (χ0n) is 35.3. The van der Waals surface area contributed by atoms with Crippen LogP contribution in [0.4, 0.5) is 0 Å². The molecule has 1 rings (SSSR count). The molecule has 0 aliphatic heterocycles. The van der Waals surface area contributed by atoms with Gasteiger partial charge in [0.2, 0.25) is 5.75 Å². The number of esters is 1. The van der Waals surface area contributed by atoms with Gasteiger partial charge in [-0.15, -0.1) is 0 Å². The molecule has 0 saturated carbocycles. The number of ether oxygens (including phenoxy) is 4. The Morgan fingerprint density at radius 2 is 0.778 bits per heavy atom. The van der Waals surface area contributed by atoms with Crippen molar-refractivity contribution in [2.24, 2.45) is 0 Å². The zero-order chi connectivity index (χ0) is 39.3. The Morgan fingerprint density at radius 1 is 0.481 bits per heavy atom. The third-order valence-electron chi connectivity index (χ3n) is 10.1. The van der Waals surface area contributed by atoms with Crippen molar-refractivity contribution in [2.75, 3.05) is 26.4 Å². The van der Waals surface area contributed by atoms with Crippen LogP contribution in [0, 0.1) is 0 Å². The second-order valence-corrected chi connectivity index (χ2v) is 15.5. The Bertz CT molecular complexity index is 1070. The van der Waals surface area contributed by atoms with Crippen LogP contribution >= 0.6 is 0 Å². The minimum Gasteiger partial charge on any atom is -0.490 e. The molecule has 312 valence electrons. The van der Waals surface area contributed by atoms with Crippen LogP contribution in [0.2, 0.25) is 0 Å². The first kappa shape index (κ1) is 49.3. The van der Waals surface area contributed by atoms with Crippen molar-refractivity contribution in [3.05, 3.63) is 29.8 Å². The number of unbranched alkanes of at least 4 members (excludes halogenated alkanes) is 27. The molecule has 0 radical (unpaired) electrons. The van der Waals surface area contributed by atoms with E-state index in [1.165, 1.54) is 135 Å². The van der Waals surface area contributed by atoms with E-state index >= 15 is 0 Å². The second-order valence-electron chi connectivity index (χ2n) is 15.5. The van der Waals surface area contributed by atoms with Crippen molar-refractivity contribution in [3.8, 4) is 17.2 Å². The lowest BCUT2D eigenvalue weighted by atomic mass is 10.1. The predicted octanol–water partition coefficient (Wildman–Crippen LogP) is 14.4. The van der Waals surface area contributed by atoms with Crippen molar-refractivity contribution in [1.29, 1.82) is 0 Å². The number of carboxylic acid groups (broad SMARTS) is 1. The molecule has 7 heteroatoms. The number of carboxylic acids is 1. The SMILES string of the molecule is C=C(C)C(=O)OCCCCCCCCCCCCOc1cc(C(=O)O)cc(OCCCCCCCCCCCC)c1OCCCCCCCCCCCC. The van der Waals surface area contributed by atoms with Gasteiger partial charge in [0.05, 0.1) is 32.0 Å². The molecule has 0 aliphatic rings. The lowest BCUT2D eigenvalue weighted by Crippen LogP contribution is -2.08. The Hall–Kier alpha value is -2.70. The minimum atomic E-state index is -0.990. The first-order valence-corrected chi connectivity index (χ1v) is 22.5. The number of hydrogen-bond donors (Lipinski definition) is 1. The fourth-order valence-corrected chi connectivity index (χ4v) is 6.68. The van der Waals surface area contributed by atoms with Crippen LogP contribution in [0.25, 0.3) is 0 Å². The molecule has 54 heavy (non-hydrogen) atoms. The fraction of sp³-hybridized carbons (Fsp3) is 0.787. The molecule has 0 aliphatic carbocycles. The summed E-state index contributed by atoms with van der Waals surface area (Å²) in [6, 6.07) is 3.21. The van der Waals surface area contributed by atoms with Gasteiger partial charge in [-0.05, 0) is 44.7 Å². The molecule has 7 nitrogen and oxygen atoms in total. The van der Waals surface area contributed by atoms with Crippen molar-refractivity contribution in [2.45, 2.75) is 213 Å². The molecule has 0 aromatic heterocycles. The van der Waals surface area contributed by atoms with Crippen LogP contribution in [-0.2, 0) is 9.53 Å². The largest absolute Gasteiger partial charge is 0.490 e. The number of carbonyl (C=O) groups excluding carboxylic acids is 1. The normalized spacial score (nSPS) is 11.1. The topological polar surface area (TPSA) is 91.3 Å². The number of rotatable bonds is 40. The van der Waals surface area contributed by atoms with Gasteiger partial charge in [0.15, 0.2) is 11.5 Å². The Labute approximate surface area is 331 Å². The quantitative estimate of drug-likeness (QED) is 0.0405. The average molecular weight is 759 g/mol. The van der Waals surface area contributed by atoms with Gasteiger partial charge in [-0.2, -0.15) is 0 Å². The summed E-state index contributed by atoms with van der Waals surface area (Å²) in [5.74, 6) is 0.236. The average Bonchev–Trinajstić information content (AvgIpc) is 3.16. The van der Waals surface area contributed by atoms with E-state index in [0.29, 0.717) is 49.2 Å². The third kappa shape index (κ3) is 27.8. The molecule has 0 spiro atoms. The second kappa shape index (κ2) is 36.0. The summed E-state index contributed by atoms with van der Waals surface area (Å²) < 4.78 is 24.0. The highest BCUT2D eigenvalue weighted by Gasteiger charge is 2.19. The molecule has 0 unspecified atom stereocenters. The van der Waals surface area contributed by atoms with Crippen LogP contribution in [0.5, 0.6) is 17.2 Å². The van der Waals surface area contributed by atoms with Crippen molar-refractivity contribution in [3.63, 3.8) is 0 Å². The molecule has 0 fully saturated rings. The summed E-state index contributed by atoms with van der Waals surface area (Å²) in [5.41, 5.74) is 0.624. The van der Waals surface area contributed by atoms with E-state index in [1.807, 2.05) is 0 Å². The molecule has 1 N–H and O–H groups in total. The Balaban J connectivity index is 2.53. The van der Waals surface area contributed by atoms with Gasteiger partial charge in [-0.3, -0.25) is 0 Å². The van der Waals surface area contributed by atoms with Crippen molar-refractivity contribution in [1.82, 2.24) is 0 Å². The number of aromatic carboxylic acids is 1. The van der Waals surface area contributed by atoms with E-state index < -0.39 is 5.97 Å². The van der Waals surface area contributed by atoms with Crippen LogP contribution in [-0.4, -0.2) is 43.5 Å². The highest BCUT2D eigenvalue weighted by Crippen LogP contribution is 2.39. The maximum absolute atomic E-state index is 12.1. The first-order valence-electron chi connectivity index (χ1n) is 22.5. The summed E-state index contributed by atoms with van der Waals surface area (Å²) in [4.78, 5) is 23.5. The molecule has 1 aromatic rings. The third-order valence-corrected chi connectivity index (χ3v) is 10.1. The van der Waals surface area contributed by atoms with Gasteiger partial charge in [0.25, 0.3) is 0 Å². The molecule has 0 amide bonds. The van der Waals surface area contributed by atoms with E-state index in [9.17, 15) is 14.7 Å². The summed E-state index contributed by atoms with van der Waals surface area (Å²) in [7, 11) is 0. The van der Waals surface area contributed by atoms with Gasteiger partial charge in [0, 0.05) is 5.57 Å². The van der Waals surface area contributed by atoms with E-state index in [0.717, 1.165) is 57.8 Å².